The molecule has 20 heavy (non-hydrogen) atoms. The third-order valence-electron chi connectivity index (χ3n) is 4.09. The number of carbonyl (C=O) groups is 2. The summed E-state index contributed by atoms with van der Waals surface area (Å²) in [7, 11) is 0. The second kappa shape index (κ2) is 6.90. The largest absolute Gasteiger partial charge is 0.479 e. The Bertz CT molecular complexity index is 358. The van der Waals surface area contributed by atoms with Crippen molar-refractivity contribution in [3.05, 3.63) is 0 Å². The van der Waals surface area contributed by atoms with Gasteiger partial charge in [0.05, 0.1) is 0 Å². The highest BCUT2D eigenvalue weighted by Gasteiger charge is 2.31. The van der Waals surface area contributed by atoms with Gasteiger partial charge in [-0.2, -0.15) is 0 Å². The molecule has 2 fully saturated rings. The maximum absolute atomic E-state index is 11.9. The SMILES string of the molecule is O=C(O)[C@@H](O)CCNC(=O)N1CCC(N2CCCC2)C1. The highest BCUT2D eigenvalue weighted by atomic mass is 16.4. The number of aliphatic carboxylic acids is 1. The molecule has 0 saturated carbocycles. The number of rotatable bonds is 5. The number of likely N-dealkylation sites (tertiary alicyclic amines) is 2. The molecule has 0 spiro atoms. The summed E-state index contributed by atoms with van der Waals surface area (Å²) in [4.78, 5) is 26.6. The van der Waals surface area contributed by atoms with E-state index in [1.54, 1.807) is 4.90 Å². The van der Waals surface area contributed by atoms with Crippen molar-refractivity contribution in [2.45, 2.75) is 37.8 Å². The Labute approximate surface area is 118 Å². The molecule has 2 aliphatic rings. The molecule has 2 saturated heterocycles. The number of carboxylic acid groups (broad SMARTS) is 1. The molecule has 2 atom stereocenters. The number of aliphatic hydroxyl groups excluding tert-OH is 1. The Morgan fingerprint density at radius 2 is 1.95 bits per heavy atom. The molecule has 2 heterocycles. The van der Waals surface area contributed by atoms with Crippen LogP contribution in [-0.2, 0) is 4.79 Å². The number of urea groups is 1. The van der Waals surface area contributed by atoms with E-state index >= 15 is 0 Å². The van der Waals surface area contributed by atoms with Crippen molar-refractivity contribution in [1.29, 1.82) is 0 Å². The van der Waals surface area contributed by atoms with Gasteiger partial charge in [0.25, 0.3) is 0 Å². The second-order valence-electron chi connectivity index (χ2n) is 5.51. The summed E-state index contributed by atoms with van der Waals surface area (Å²) in [5, 5.41) is 20.3. The molecule has 0 bridgehead atoms. The maximum atomic E-state index is 11.9. The minimum atomic E-state index is -1.41. The average Bonchev–Trinajstić information content (AvgIpc) is 3.08. The molecule has 0 radical (unpaired) electrons. The van der Waals surface area contributed by atoms with Crippen LogP contribution in [0.4, 0.5) is 4.79 Å². The van der Waals surface area contributed by atoms with E-state index < -0.39 is 12.1 Å². The van der Waals surface area contributed by atoms with Gasteiger partial charge in [0.2, 0.25) is 0 Å². The predicted octanol–water partition coefficient (Wildman–Crippen LogP) is -0.298. The van der Waals surface area contributed by atoms with Gasteiger partial charge >= 0.3 is 12.0 Å². The molecule has 3 N–H and O–H groups in total. The molecule has 2 amide bonds. The zero-order valence-electron chi connectivity index (χ0n) is 11.6. The summed E-state index contributed by atoms with van der Waals surface area (Å²) in [6, 6.07) is 0.303. The summed E-state index contributed by atoms with van der Waals surface area (Å²) < 4.78 is 0. The zero-order valence-corrected chi connectivity index (χ0v) is 11.6. The second-order valence-corrected chi connectivity index (χ2v) is 5.51. The number of nitrogens with zero attached hydrogens (tertiary/aromatic N) is 2. The van der Waals surface area contributed by atoms with Crippen LogP contribution in [0, 0.1) is 0 Å². The normalized spacial score (nSPS) is 24.9. The molecule has 0 aliphatic carbocycles. The molecule has 2 aliphatic heterocycles. The Balaban J connectivity index is 1.67. The average molecular weight is 285 g/mol. The van der Waals surface area contributed by atoms with E-state index in [0.717, 1.165) is 32.6 Å². The van der Waals surface area contributed by atoms with Crippen molar-refractivity contribution >= 4 is 12.0 Å². The van der Waals surface area contributed by atoms with Gasteiger partial charge in [-0.1, -0.05) is 0 Å². The van der Waals surface area contributed by atoms with Crippen molar-refractivity contribution in [3.8, 4) is 0 Å². The Hall–Kier alpha value is -1.34. The van der Waals surface area contributed by atoms with Crippen LogP contribution >= 0.6 is 0 Å². The van der Waals surface area contributed by atoms with E-state index in [1.807, 2.05) is 0 Å². The lowest BCUT2D eigenvalue weighted by Gasteiger charge is -2.23. The van der Waals surface area contributed by atoms with E-state index in [0.29, 0.717) is 6.04 Å². The van der Waals surface area contributed by atoms with Crippen LogP contribution in [0.2, 0.25) is 0 Å². The van der Waals surface area contributed by atoms with E-state index in [-0.39, 0.29) is 19.0 Å². The highest BCUT2D eigenvalue weighted by Crippen LogP contribution is 2.20. The smallest absolute Gasteiger partial charge is 0.332 e. The van der Waals surface area contributed by atoms with Crippen LogP contribution in [0.15, 0.2) is 0 Å². The molecule has 114 valence electrons. The first-order valence-corrected chi connectivity index (χ1v) is 7.25. The number of hydrogen-bond donors (Lipinski definition) is 3. The summed E-state index contributed by atoms with van der Waals surface area (Å²) >= 11 is 0. The van der Waals surface area contributed by atoms with E-state index in [4.69, 9.17) is 10.2 Å². The predicted molar refractivity (Wildman–Crippen MR) is 72.4 cm³/mol. The van der Waals surface area contributed by atoms with Crippen LogP contribution < -0.4 is 5.32 Å². The number of carbonyl (C=O) groups excluding carboxylic acids is 1. The lowest BCUT2D eigenvalue weighted by molar-refractivity contribution is -0.146. The van der Waals surface area contributed by atoms with Gasteiger partial charge in [-0.15, -0.1) is 0 Å². The molecule has 7 heteroatoms. The fourth-order valence-electron chi connectivity index (χ4n) is 2.88. The van der Waals surface area contributed by atoms with Crippen LogP contribution in [0.3, 0.4) is 0 Å². The summed E-state index contributed by atoms with van der Waals surface area (Å²) in [5.41, 5.74) is 0. The van der Waals surface area contributed by atoms with E-state index in [1.165, 1.54) is 12.8 Å². The number of hydrogen-bond acceptors (Lipinski definition) is 4. The van der Waals surface area contributed by atoms with Crippen molar-refractivity contribution < 1.29 is 19.8 Å². The molecule has 0 aromatic carbocycles. The maximum Gasteiger partial charge on any atom is 0.332 e. The fourth-order valence-corrected chi connectivity index (χ4v) is 2.88. The van der Waals surface area contributed by atoms with Crippen LogP contribution in [0.5, 0.6) is 0 Å². The zero-order chi connectivity index (χ0) is 14.5. The standard InChI is InChI=1S/C13H23N3O4/c17-11(12(18)19)3-5-14-13(20)16-8-4-10(9-16)15-6-1-2-7-15/h10-11,17H,1-9H2,(H,14,20)(H,18,19)/t10?,11-/m0/s1. The lowest BCUT2D eigenvalue weighted by atomic mass is 10.2. The van der Waals surface area contributed by atoms with Gasteiger partial charge in [0.15, 0.2) is 6.10 Å². The summed E-state index contributed by atoms with van der Waals surface area (Å²) in [6.45, 7) is 3.93. The van der Waals surface area contributed by atoms with Gasteiger partial charge in [0.1, 0.15) is 0 Å². The van der Waals surface area contributed by atoms with Crippen LogP contribution in [0.25, 0.3) is 0 Å². The van der Waals surface area contributed by atoms with Gasteiger partial charge in [-0.05, 0) is 32.4 Å². The lowest BCUT2D eigenvalue weighted by Crippen LogP contribution is -2.42. The monoisotopic (exact) mass is 285 g/mol. The molecule has 0 aromatic rings. The summed E-state index contributed by atoms with van der Waals surface area (Å²) in [5.74, 6) is -1.26. The van der Waals surface area contributed by atoms with Crippen molar-refractivity contribution in [2.75, 3.05) is 32.7 Å². The first-order valence-electron chi connectivity index (χ1n) is 7.25. The van der Waals surface area contributed by atoms with E-state index in [9.17, 15) is 9.59 Å². The number of amides is 2. The Kier molecular flexibility index (Phi) is 5.19. The van der Waals surface area contributed by atoms with Crippen LogP contribution in [0.1, 0.15) is 25.7 Å². The Morgan fingerprint density at radius 3 is 2.60 bits per heavy atom. The molecule has 2 rings (SSSR count). The van der Waals surface area contributed by atoms with Crippen molar-refractivity contribution in [1.82, 2.24) is 15.1 Å². The quantitative estimate of drug-likeness (QED) is 0.645. The van der Waals surface area contributed by atoms with Gasteiger partial charge in [0, 0.05) is 32.1 Å². The molecule has 7 nitrogen and oxygen atoms in total. The van der Waals surface area contributed by atoms with Gasteiger partial charge in [-0.3, -0.25) is 4.90 Å². The minimum Gasteiger partial charge on any atom is -0.479 e. The van der Waals surface area contributed by atoms with Crippen molar-refractivity contribution in [3.63, 3.8) is 0 Å². The Morgan fingerprint density at radius 1 is 1.25 bits per heavy atom. The van der Waals surface area contributed by atoms with Gasteiger partial charge in [-0.25, -0.2) is 9.59 Å². The highest BCUT2D eigenvalue weighted by molar-refractivity contribution is 5.75. The van der Waals surface area contributed by atoms with Crippen LogP contribution in [-0.4, -0.2) is 76.9 Å². The third kappa shape index (κ3) is 3.83. The first kappa shape index (κ1) is 15.1. The molecular weight excluding hydrogens is 262 g/mol. The van der Waals surface area contributed by atoms with Crippen molar-refractivity contribution in [2.24, 2.45) is 0 Å². The number of aliphatic hydroxyl groups is 1. The molecule has 0 aromatic heterocycles. The topological polar surface area (TPSA) is 93.1 Å². The number of nitrogens with one attached hydrogen (secondary N) is 1. The molecule has 1 unspecified atom stereocenters. The third-order valence-corrected chi connectivity index (χ3v) is 4.09. The van der Waals surface area contributed by atoms with Gasteiger partial charge < -0.3 is 20.4 Å². The summed E-state index contributed by atoms with van der Waals surface area (Å²) in [6.07, 6.45) is 2.12. The fraction of sp³-hybridized carbons (Fsp3) is 0.846. The number of carboxylic acids is 1. The molecular formula is C13H23N3O4. The first-order chi connectivity index (χ1) is 9.58. The minimum absolute atomic E-state index is 0.0322. The van der Waals surface area contributed by atoms with E-state index in [2.05, 4.69) is 10.2 Å².